The molecule has 0 aromatic rings. The number of hydrogen-bond donors (Lipinski definition) is 0. The lowest BCUT2D eigenvalue weighted by Crippen LogP contribution is -1.85. The van der Waals surface area contributed by atoms with Crippen molar-refractivity contribution in [3.05, 3.63) is 11.0 Å². The second-order valence-electron chi connectivity index (χ2n) is 3.13. The molecule has 1 aliphatic heterocycles. The Morgan fingerprint density at radius 3 is 2.67 bits per heavy atom. The molecule has 67 valence electrons. The van der Waals surface area contributed by atoms with Gasteiger partial charge < -0.3 is 0 Å². The van der Waals surface area contributed by atoms with Gasteiger partial charge in [-0.3, -0.25) is 0 Å². The van der Waals surface area contributed by atoms with E-state index in [0.717, 1.165) is 0 Å². The molecule has 0 unspecified atom stereocenters. The zero-order valence-corrected chi connectivity index (χ0v) is 9.67. The Kier molecular flexibility index (Phi) is 4.88. The Balaban J connectivity index is 2.14. The molecule has 0 saturated heterocycles. The molecular formula is C9H16NP2. The van der Waals surface area contributed by atoms with Gasteiger partial charge in [-0.05, 0) is 27.6 Å². The maximum Gasteiger partial charge on any atom is 0.0699 e. The highest BCUT2D eigenvalue weighted by Gasteiger charge is 2.06. The molecule has 1 heterocycles. The maximum absolute atomic E-state index is 4.36. The van der Waals surface area contributed by atoms with E-state index in [1.165, 1.54) is 53.7 Å². The van der Waals surface area contributed by atoms with Crippen LogP contribution in [0.15, 0.2) is 11.0 Å². The average molecular weight is 200 g/mol. The molecule has 0 spiro atoms. The van der Waals surface area contributed by atoms with E-state index in [9.17, 15) is 0 Å². The van der Waals surface area contributed by atoms with Gasteiger partial charge in [-0.15, -0.1) is 0 Å². The summed E-state index contributed by atoms with van der Waals surface area (Å²) in [5.41, 5.74) is 1.30. The summed E-state index contributed by atoms with van der Waals surface area (Å²) < 4.78 is 0. The van der Waals surface area contributed by atoms with Crippen molar-refractivity contribution in [2.75, 3.05) is 0 Å². The molecule has 0 amide bonds. The van der Waals surface area contributed by atoms with Gasteiger partial charge in [0.1, 0.15) is 0 Å². The Hall–Kier alpha value is 0.140. The van der Waals surface area contributed by atoms with Crippen LogP contribution in [0.4, 0.5) is 0 Å². The van der Waals surface area contributed by atoms with Crippen molar-refractivity contribution in [1.29, 1.82) is 0 Å². The molecule has 0 atom stereocenters. The molecule has 1 aliphatic rings. The second kappa shape index (κ2) is 5.73. The van der Waals surface area contributed by atoms with Crippen LogP contribution in [0, 0.1) is 0 Å². The van der Waals surface area contributed by atoms with E-state index in [2.05, 4.69) is 18.9 Å². The Morgan fingerprint density at radius 2 is 2.08 bits per heavy atom. The number of unbranched alkanes of at least 4 members (excludes halogenated alkanes) is 3. The van der Waals surface area contributed by atoms with Crippen molar-refractivity contribution >= 4 is 15.9 Å². The molecule has 0 saturated carbocycles. The second-order valence-corrected chi connectivity index (χ2v) is 5.39. The summed E-state index contributed by atoms with van der Waals surface area (Å²) in [6.45, 7) is 4.40. The first kappa shape index (κ1) is 10.2. The molecule has 12 heavy (non-hydrogen) atoms. The Morgan fingerprint density at radius 1 is 1.25 bits per heavy atom. The third-order valence-corrected chi connectivity index (χ3v) is 4.57. The topological polar surface area (TPSA) is 14.1 Å². The van der Waals surface area contributed by atoms with Crippen molar-refractivity contribution in [1.82, 2.24) is 5.09 Å². The van der Waals surface area contributed by atoms with Gasteiger partial charge in [0.15, 0.2) is 0 Å². The van der Waals surface area contributed by atoms with E-state index < -0.39 is 0 Å². The van der Waals surface area contributed by atoms with Gasteiger partial charge in [-0.2, -0.15) is 0 Å². The van der Waals surface area contributed by atoms with Gasteiger partial charge in [0.05, 0.1) is 13.7 Å². The van der Waals surface area contributed by atoms with Crippen LogP contribution in [0.2, 0.25) is 0 Å². The molecule has 1 rings (SSSR count). The summed E-state index contributed by atoms with van der Waals surface area (Å²) in [5, 5.41) is 5.93. The van der Waals surface area contributed by atoms with Crippen LogP contribution in [0.3, 0.4) is 0 Å². The smallest absolute Gasteiger partial charge is 0.0699 e. The quantitative estimate of drug-likeness (QED) is 0.457. The Labute approximate surface area is 78.5 Å². The maximum atomic E-state index is 4.36. The number of nitrogens with zero attached hydrogens (tertiary/aromatic N) is 1. The first-order chi connectivity index (χ1) is 5.84. The summed E-state index contributed by atoms with van der Waals surface area (Å²) in [5.74, 6) is 0. The first-order valence-electron chi connectivity index (χ1n) is 4.66. The van der Waals surface area contributed by atoms with E-state index in [0.29, 0.717) is 0 Å². The molecule has 0 N–H and O–H groups in total. The lowest BCUT2D eigenvalue weighted by atomic mass is 10.1. The van der Waals surface area contributed by atoms with E-state index >= 15 is 0 Å². The molecule has 1 radical (unpaired) electrons. The number of hydrogen-bond acceptors (Lipinski definition) is 0. The van der Waals surface area contributed by atoms with Crippen molar-refractivity contribution in [2.24, 2.45) is 0 Å². The predicted molar refractivity (Wildman–Crippen MR) is 57.4 cm³/mol. The van der Waals surface area contributed by atoms with Gasteiger partial charge in [-0.25, -0.2) is 5.09 Å². The average Bonchev–Trinajstić information content (AvgIpc) is 2.46. The highest BCUT2D eigenvalue weighted by molar-refractivity contribution is 7.85. The third-order valence-electron chi connectivity index (χ3n) is 2.04. The zero-order valence-electron chi connectivity index (χ0n) is 7.88. The highest BCUT2D eigenvalue weighted by atomic mass is 31.7. The molecule has 3 heteroatoms. The van der Waals surface area contributed by atoms with Crippen LogP contribution in [-0.4, -0.2) is 0 Å². The molecular weight excluding hydrogens is 184 g/mol. The molecule has 0 aromatic carbocycles. The molecule has 0 fully saturated rings. The monoisotopic (exact) mass is 200 g/mol. The summed E-state index contributed by atoms with van der Waals surface area (Å²) in [4.78, 5) is 0. The van der Waals surface area contributed by atoms with E-state index in [1.54, 1.807) is 5.31 Å². The molecule has 0 aromatic heterocycles. The highest BCUT2D eigenvalue weighted by Crippen LogP contribution is 2.37. The summed E-state index contributed by atoms with van der Waals surface area (Å²) in [6.07, 6.45) is 6.75. The van der Waals surface area contributed by atoms with Crippen LogP contribution in [0.1, 0.15) is 46.0 Å². The molecule has 1 nitrogen and oxygen atoms in total. The van der Waals surface area contributed by atoms with E-state index in [1.807, 2.05) is 0 Å². The van der Waals surface area contributed by atoms with E-state index in [-0.39, 0.29) is 0 Å². The van der Waals surface area contributed by atoms with Crippen molar-refractivity contribution in [2.45, 2.75) is 46.0 Å². The zero-order chi connectivity index (χ0) is 8.81. The van der Waals surface area contributed by atoms with Gasteiger partial charge in [0, 0.05) is 5.31 Å². The SMILES string of the molecule is CCCCCCC1=C(C)[N]P=P1. The normalized spacial score (nSPS) is 18.2. The lowest BCUT2D eigenvalue weighted by Gasteiger charge is -1.99. The molecule has 0 aliphatic carbocycles. The first-order valence-corrected chi connectivity index (χ1v) is 7.11. The standard InChI is InChI=1S/C9H16NP2/c1-3-4-5-6-7-9-8(2)10-12-11-9/h3-7H2,1-2H3. The fraction of sp³-hybridized carbons (Fsp3) is 0.778. The third kappa shape index (κ3) is 3.25. The number of rotatable bonds is 5. The fourth-order valence-corrected chi connectivity index (χ4v) is 3.76. The van der Waals surface area contributed by atoms with Crippen LogP contribution in [0.25, 0.3) is 0 Å². The minimum atomic E-state index is 1.24. The lowest BCUT2D eigenvalue weighted by molar-refractivity contribution is 0.670. The van der Waals surface area contributed by atoms with Gasteiger partial charge in [0.25, 0.3) is 0 Å². The fourth-order valence-electron chi connectivity index (χ4n) is 1.22. The van der Waals surface area contributed by atoms with Gasteiger partial charge in [-0.1, -0.05) is 26.2 Å². The summed E-state index contributed by atoms with van der Waals surface area (Å²) >= 11 is 0. The van der Waals surface area contributed by atoms with Gasteiger partial charge in [0.2, 0.25) is 0 Å². The van der Waals surface area contributed by atoms with Gasteiger partial charge >= 0.3 is 0 Å². The van der Waals surface area contributed by atoms with Crippen LogP contribution >= 0.6 is 15.9 Å². The predicted octanol–water partition coefficient (Wildman–Crippen LogP) is 4.53. The largest absolute Gasteiger partial charge is 0.227 e. The van der Waals surface area contributed by atoms with Crippen LogP contribution in [-0.2, 0) is 0 Å². The Bertz CT molecular complexity index is 197. The van der Waals surface area contributed by atoms with Crippen LogP contribution < -0.4 is 5.09 Å². The minimum Gasteiger partial charge on any atom is -0.227 e. The summed E-state index contributed by atoms with van der Waals surface area (Å²) in [6, 6.07) is 0. The molecule has 0 bridgehead atoms. The van der Waals surface area contributed by atoms with Crippen molar-refractivity contribution in [3.8, 4) is 0 Å². The van der Waals surface area contributed by atoms with Crippen LogP contribution in [0.5, 0.6) is 0 Å². The summed E-state index contributed by atoms with van der Waals surface area (Å²) in [7, 11) is 2.68. The van der Waals surface area contributed by atoms with Crippen molar-refractivity contribution in [3.63, 3.8) is 0 Å². The number of allylic oxidation sites excluding steroid dienone is 2. The van der Waals surface area contributed by atoms with Crippen molar-refractivity contribution < 1.29 is 0 Å². The minimum absolute atomic E-state index is 1.24. The van der Waals surface area contributed by atoms with E-state index in [4.69, 9.17) is 0 Å².